The number of hydrogen-bond donors (Lipinski definition) is 1. The molecule has 1 rings (SSSR count). The van der Waals surface area contributed by atoms with Gasteiger partial charge in [0.2, 0.25) is 5.91 Å². The molecule has 0 unspecified atom stereocenters. The topological polar surface area (TPSA) is 38.3 Å². The highest BCUT2D eigenvalue weighted by Gasteiger charge is 2.13. The summed E-state index contributed by atoms with van der Waals surface area (Å²) >= 11 is 0. The number of rotatable bonds is 6. The molecule has 100 valence electrons. The number of carbonyl (C=O) groups excluding carboxylic acids is 1. The molecule has 0 aliphatic rings. The van der Waals surface area contributed by atoms with Gasteiger partial charge in [-0.2, -0.15) is 0 Å². The molecule has 0 radical (unpaired) electrons. The number of nitrogens with one attached hydrogen (secondary N) is 1. The second-order valence-electron chi connectivity index (χ2n) is 4.72. The molecule has 1 N–H and O–H groups in total. The Labute approximate surface area is 107 Å². The molecule has 0 fully saturated rings. The van der Waals surface area contributed by atoms with Crippen LogP contribution >= 0.6 is 0 Å². The van der Waals surface area contributed by atoms with E-state index in [1.807, 2.05) is 13.8 Å². The molecule has 1 atom stereocenters. The summed E-state index contributed by atoms with van der Waals surface area (Å²) in [6, 6.07) is 6.16. The zero-order chi connectivity index (χ0) is 13.5. The lowest BCUT2D eigenvalue weighted by Crippen LogP contribution is -2.34. The number of hydrogen-bond acceptors (Lipinski definition) is 2. The highest BCUT2D eigenvalue weighted by Crippen LogP contribution is 2.03. The number of ether oxygens (including phenoxy) is 1. The van der Waals surface area contributed by atoms with Crippen LogP contribution in [-0.2, 0) is 16.1 Å². The van der Waals surface area contributed by atoms with Crippen LogP contribution in [0, 0.1) is 11.7 Å². The molecule has 0 aromatic heterocycles. The third-order valence-corrected chi connectivity index (χ3v) is 2.40. The Balaban J connectivity index is 2.36. The number of carbonyl (C=O) groups is 1. The van der Waals surface area contributed by atoms with Gasteiger partial charge in [-0.25, -0.2) is 4.39 Å². The Morgan fingerprint density at radius 1 is 1.39 bits per heavy atom. The van der Waals surface area contributed by atoms with Crippen LogP contribution in [0.2, 0.25) is 0 Å². The van der Waals surface area contributed by atoms with Gasteiger partial charge in [0.25, 0.3) is 0 Å². The monoisotopic (exact) mass is 253 g/mol. The predicted octanol–water partition coefficient (Wildman–Crippen LogP) is 2.50. The fraction of sp³-hybridized carbons (Fsp3) is 0.500. The minimum absolute atomic E-state index is 0.181. The van der Waals surface area contributed by atoms with E-state index in [-0.39, 0.29) is 11.7 Å². The van der Waals surface area contributed by atoms with Gasteiger partial charge in [0.05, 0.1) is 0 Å². The molecule has 0 saturated heterocycles. The van der Waals surface area contributed by atoms with Crippen LogP contribution in [0.4, 0.5) is 4.39 Å². The first-order valence-corrected chi connectivity index (χ1v) is 6.12. The Bertz CT molecular complexity index is 393. The normalized spacial score (nSPS) is 12.5. The van der Waals surface area contributed by atoms with Gasteiger partial charge >= 0.3 is 0 Å². The molecule has 1 aromatic rings. The van der Waals surface area contributed by atoms with Crippen molar-refractivity contribution in [2.45, 2.75) is 33.4 Å². The standard InChI is InChI=1S/C14H20FNO2/c1-10(2)9-18-11(3)14(17)16-8-12-5-4-6-13(15)7-12/h4-7,10-11H,8-9H2,1-3H3,(H,16,17)/t11-/m1/s1. The molecule has 1 amide bonds. The van der Waals surface area contributed by atoms with Gasteiger partial charge in [-0.05, 0) is 30.5 Å². The summed E-state index contributed by atoms with van der Waals surface area (Å²) in [7, 11) is 0. The average Bonchev–Trinajstić information content (AvgIpc) is 2.33. The van der Waals surface area contributed by atoms with E-state index in [0.717, 1.165) is 5.56 Å². The van der Waals surface area contributed by atoms with Crippen LogP contribution in [0.5, 0.6) is 0 Å². The van der Waals surface area contributed by atoms with Crippen molar-refractivity contribution in [3.05, 3.63) is 35.6 Å². The zero-order valence-corrected chi connectivity index (χ0v) is 11.1. The summed E-state index contributed by atoms with van der Waals surface area (Å²) in [4.78, 5) is 11.7. The van der Waals surface area contributed by atoms with E-state index in [1.165, 1.54) is 12.1 Å². The van der Waals surface area contributed by atoms with Crippen LogP contribution in [0.1, 0.15) is 26.3 Å². The average molecular weight is 253 g/mol. The van der Waals surface area contributed by atoms with Gasteiger partial charge in [0, 0.05) is 13.2 Å². The minimum atomic E-state index is -0.485. The maximum atomic E-state index is 12.9. The molecule has 18 heavy (non-hydrogen) atoms. The van der Waals surface area contributed by atoms with Crippen LogP contribution < -0.4 is 5.32 Å². The molecule has 0 aliphatic carbocycles. The summed E-state index contributed by atoms with van der Waals surface area (Å²) in [6.45, 7) is 6.62. The van der Waals surface area contributed by atoms with Crippen molar-refractivity contribution in [1.82, 2.24) is 5.32 Å². The van der Waals surface area contributed by atoms with Gasteiger partial charge in [-0.15, -0.1) is 0 Å². The Hall–Kier alpha value is -1.42. The maximum absolute atomic E-state index is 12.9. The number of amides is 1. The van der Waals surface area contributed by atoms with Crippen LogP contribution in [0.25, 0.3) is 0 Å². The number of halogens is 1. The van der Waals surface area contributed by atoms with Crippen molar-refractivity contribution in [3.63, 3.8) is 0 Å². The third kappa shape index (κ3) is 5.27. The van der Waals surface area contributed by atoms with Gasteiger partial charge in [-0.1, -0.05) is 26.0 Å². The first-order valence-electron chi connectivity index (χ1n) is 6.12. The zero-order valence-electron chi connectivity index (χ0n) is 11.1. The van der Waals surface area contributed by atoms with E-state index in [1.54, 1.807) is 19.1 Å². The highest BCUT2D eigenvalue weighted by atomic mass is 19.1. The lowest BCUT2D eigenvalue weighted by atomic mass is 10.2. The largest absolute Gasteiger partial charge is 0.368 e. The summed E-state index contributed by atoms with van der Waals surface area (Å²) in [5.41, 5.74) is 0.736. The quantitative estimate of drug-likeness (QED) is 0.846. The van der Waals surface area contributed by atoms with E-state index in [4.69, 9.17) is 4.74 Å². The molecule has 3 nitrogen and oxygen atoms in total. The molecular formula is C14H20FNO2. The highest BCUT2D eigenvalue weighted by molar-refractivity contribution is 5.80. The predicted molar refractivity (Wildman–Crippen MR) is 68.5 cm³/mol. The van der Waals surface area contributed by atoms with Crippen molar-refractivity contribution in [2.75, 3.05) is 6.61 Å². The lowest BCUT2D eigenvalue weighted by Gasteiger charge is -2.14. The first-order chi connectivity index (χ1) is 8.49. The third-order valence-electron chi connectivity index (χ3n) is 2.40. The van der Waals surface area contributed by atoms with E-state index < -0.39 is 6.10 Å². The van der Waals surface area contributed by atoms with Crippen molar-refractivity contribution < 1.29 is 13.9 Å². The fourth-order valence-electron chi connectivity index (χ4n) is 1.39. The first kappa shape index (κ1) is 14.6. The van der Waals surface area contributed by atoms with E-state index in [2.05, 4.69) is 5.32 Å². The van der Waals surface area contributed by atoms with Crippen molar-refractivity contribution in [3.8, 4) is 0 Å². The molecule has 0 saturated carbocycles. The lowest BCUT2D eigenvalue weighted by molar-refractivity contribution is -0.132. The molecule has 4 heteroatoms. The van der Waals surface area contributed by atoms with E-state index >= 15 is 0 Å². The smallest absolute Gasteiger partial charge is 0.249 e. The van der Waals surface area contributed by atoms with Gasteiger partial charge < -0.3 is 10.1 Å². The van der Waals surface area contributed by atoms with Gasteiger partial charge in [0.15, 0.2) is 0 Å². The summed E-state index contributed by atoms with van der Waals surface area (Å²) in [5, 5.41) is 2.72. The Morgan fingerprint density at radius 3 is 2.72 bits per heavy atom. The van der Waals surface area contributed by atoms with Gasteiger partial charge in [0.1, 0.15) is 11.9 Å². The molecule has 0 bridgehead atoms. The van der Waals surface area contributed by atoms with Gasteiger partial charge in [-0.3, -0.25) is 4.79 Å². The SMILES string of the molecule is CC(C)CO[C@H](C)C(=O)NCc1cccc(F)c1. The van der Waals surface area contributed by atoms with E-state index in [9.17, 15) is 9.18 Å². The Kier molecular flexibility index (Phi) is 5.78. The van der Waals surface area contributed by atoms with E-state index in [0.29, 0.717) is 19.1 Å². The molecular weight excluding hydrogens is 233 g/mol. The second-order valence-corrected chi connectivity index (χ2v) is 4.72. The summed E-state index contributed by atoms with van der Waals surface area (Å²) < 4.78 is 18.3. The van der Waals surface area contributed by atoms with Crippen LogP contribution in [0.3, 0.4) is 0 Å². The van der Waals surface area contributed by atoms with Crippen LogP contribution in [0.15, 0.2) is 24.3 Å². The number of benzene rings is 1. The molecule has 0 aliphatic heterocycles. The minimum Gasteiger partial charge on any atom is -0.368 e. The molecule has 0 heterocycles. The maximum Gasteiger partial charge on any atom is 0.249 e. The molecule has 0 spiro atoms. The summed E-state index contributed by atoms with van der Waals surface area (Å²) in [6.07, 6.45) is -0.485. The summed E-state index contributed by atoms with van der Waals surface area (Å²) in [5.74, 6) is -0.0887. The molecule has 1 aromatic carbocycles. The van der Waals surface area contributed by atoms with Crippen LogP contribution in [-0.4, -0.2) is 18.6 Å². The second kappa shape index (κ2) is 7.11. The van der Waals surface area contributed by atoms with Crippen molar-refractivity contribution >= 4 is 5.91 Å². The Morgan fingerprint density at radius 2 is 2.11 bits per heavy atom. The fourth-order valence-corrected chi connectivity index (χ4v) is 1.39. The van der Waals surface area contributed by atoms with Crippen molar-refractivity contribution in [2.24, 2.45) is 5.92 Å². The van der Waals surface area contributed by atoms with Crippen molar-refractivity contribution in [1.29, 1.82) is 0 Å².